The second kappa shape index (κ2) is 3.05. The molecule has 0 radical (unpaired) electrons. The van der Waals surface area contributed by atoms with Crippen molar-refractivity contribution >= 4 is 0 Å². The maximum atomic E-state index is 11.7. The fourth-order valence-corrected chi connectivity index (χ4v) is 0.220. The molecule has 0 aromatic carbocycles. The van der Waals surface area contributed by atoms with Crippen LogP contribution in [0, 0.1) is 11.8 Å². The molecule has 0 aliphatic heterocycles. The quantitative estimate of drug-likeness (QED) is 0.427. The van der Waals surface area contributed by atoms with Gasteiger partial charge in [-0.05, 0) is 5.92 Å². The predicted octanol–water partition coefficient (Wildman–Crippen LogP) is 2.75. The lowest BCUT2D eigenvalue weighted by molar-refractivity contribution is -0.254. The number of hydrogen-bond donors (Lipinski definition) is 0. The summed E-state index contributed by atoms with van der Waals surface area (Å²) in [6, 6.07) is 0. The molecule has 0 nitrogen and oxygen atoms in total. The summed E-state index contributed by atoms with van der Waals surface area (Å²) in [5.41, 5.74) is 0. The van der Waals surface area contributed by atoms with E-state index in [4.69, 9.17) is 0 Å². The van der Waals surface area contributed by atoms with Gasteiger partial charge in [0.05, 0.1) is 0 Å². The maximum Gasteiger partial charge on any atom is 0.466 e. The normalized spacial score (nSPS) is 13.5. The molecule has 0 saturated heterocycles. The van der Waals surface area contributed by atoms with Crippen LogP contribution in [0.15, 0.2) is 0 Å². The first-order valence-electron chi connectivity index (χ1n) is 2.51. The Kier molecular flexibility index (Phi) is 2.81. The van der Waals surface area contributed by atoms with Gasteiger partial charge in [0.25, 0.3) is 0 Å². The highest BCUT2D eigenvalue weighted by Crippen LogP contribution is 2.34. The van der Waals surface area contributed by atoms with Crippen LogP contribution in [0.2, 0.25) is 0 Å². The van der Waals surface area contributed by atoms with E-state index in [0.29, 0.717) is 0 Å². The van der Waals surface area contributed by atoms with Crippen LogP contribution in [-0.4, -0.2) is 18.3 Å². The fraction of sp³-hybridized carbons (Fsp3) is 0.600. The molecule has 0 aliphatic rings. The third-order valence-corrected chi connectivity index (χ3v) is 0.717. The minimum atomic E-state index is -6.09. The van der Waals surface area contributed by atoms with E-state index in [2.05, 4.69) is 0 Å². The zero-order chi connectivity index (χ0) is 10.9. The second-order valence-corrected chi connectivity index (χ2v) is 1.82. The van der Waals surface area contributed by atoms with E-state index in [9.17, 15) is 35.1 Å². The van der Waals surface area contributed by atoms with Gasteiger partial charge in [-0.15, -0.1) is 0 Å². The Morgan fingerprint density at radius 1 is 0.615 bits per heavy atom. The zero-order valence-corrected chi connectivity index (χ0v) is 5.52. The van der Waals surface area contributed by atoms with E-state index in [1.54, 1.807) is 0 Å². The summed E-state index contributed by atoms with van der Waals surface area (Å²) in [5.74, 6) is -5.98. The molecule has 0 aliphatic carbocycles. The van der Waals surface area contributed by atoms with Crippen LogP contribution in [0.3, 0.4) is 0 Å². The molecule has 0 aromatic rings. The first-order valence-corrected chi connectivity index (χ1v) is 2.51. The summed E-state index contributed by atoms with van der Waals surface area (Å²) in [5, 5.41) is 0. The molecule has 8 heteroatoms. The van der Waals surface area contributed by atoms with Crippen LogP contribution in [0.5, 0.6) is 0 Å². The van der Waals surface area contributed by atoms with Crippen molar-refractivity contribution < 1.29 is 35.1 Å². The summed E-state index contributed by atoms with van der Waals surface area (Å²) < 4.78 is 90.2. The van der Waals surface area contributed by atoms with Crippen molar-refractivity contribution in [3.63, 3.8) is 0 Å². The standard InChI is InChI=1S/C5F8/c6-3(7,5(11,12)13)1-2-4(8,9)10. The van der Waals surface area contributed by atoms with Gasteiger partial charge in [-0.25, -0.2) is 0 Å². The van der Waals surface area contributed by atoms with Gasteiger partial charge in [0.2, 0.25) is 0 Å². The van der Waals surface area contributed by atoms with Crippen molar-refractivity contribution in [2.45, 2.75) is 18.3 Å². The summed E-state index contributed by atoms with van der Waals surface area (Å²) in [7, 11) is 0. The van der Waals surface area contributed by atoms with Crippen molar-refractivity contribution in [2.24, 2.45) is 0 Å². The SMILES string of the molecule is FC(F)(F)C#CC(F)(F)C(F)(F)F. The monoisotopic (exact) mass is 212 g/mol. The van der Waals surface area contributed by atoms with Gasteiger partial charge in [0, 0.05) is 5.92 Å². The van der Waals surface area contributed by atoms with E-state index in [0.717, 1.165) is 0 Å². The third-order valence-electron chi connectivity index (χ3n) is 0.717. The third kappa shape index (κ3) is 3.96. The minimum Gasteiger partial charge on any atom is -0.181 e. The molecule has 0 amide bonds. The highest BCUT2D eigenvalue weighted by molar-refractivity contribution is 5.15. The van der Waals surface area contributed by atoms with E-state index in [1.165, 1.54) is 0 Å². The summed E-state index contributed by atoms with van der Waals surface area (Å²) in [6.07, 6.45) is -11.5. The molecule has 0 rings (SSSR count). The number of halogens is 8. The molecule has 0 aromatic heterocycles. The van der Waals surface area contributed by atoms with Crippen molar-refractivity contribution in [1.82, 2.24) is 0 Å². The highest BCUT2D eigenvalue weighted by atomic mass is 19.4. The Bertz CT molecular complexity index is 232. The van der Waals surface area contributed by atoms with Crippen molar-refractivity contribution in [3.05, 3.63) is 0 Å². The van der Waals surface area contributed by atoms with Gasteiger partial charge in [-0.1, -0.05) is 0 Å². The fourth-order valence-electron chi connectivity index (χ4n) is 0.220. The van der Waals surface area contributed by atoms with Crippen LogP contribution in [0.4, 0.5) is 35.1 Å². The zero-order valence-electron chi connectivity index (χ0n) is 5.52. The smallest absolute Gasteiger partial charge is 0.181 e. The van der Waals surface area contributed by atoms with E-state index >= 15 is 0 Å². The van der Waals surface area contributed by atoms with Gasteiger partial charge >= 0.3 is 18.3 Å². The summed E-state index contributed by atoms with van der Waals surface area (Å²) in [4.78, 5) is 0. The van der Waals surface area contributed by atoms with Gasteiger partial charge < -0.3 is 0 Å². The van der Waals surface area contributed by atoms with Crippen molar-refractivity contribution in [2.75, 3.05) is 0 Å². The predicted molar refractivity (Wildman–Crippen MR) is 24.8 cm³/mol. The molecule has 0 atom stereocenters. The molecule has 76 valence electrons. The molecule has 0 fully saturated rings. The lowest BCUT2D eigenvalue weighted by Gasteiger charge is -2.12. The average molecular weight is 212 g/mol. The Labute approximate surface area is 66.5 Å². The van der Waals surface area contributed by atoms with Crippen molar-refractivity contribution in [1.29, 1.82) is 0 Å². The van der Waals surface area contributed by atoms with Gasteiger partial charge in [0.15, 0.2) is 0 Å². The molecule has 0 saturated carbocycles. The van der Waals surface area contributed by atoms with Crippen molar-refractivity contribution in [3.8, 4) is 11.8 Å². The molecule has 0 heterocycles. The minimum absolute atomic E-state index is 0.151. The Hall–Kier alpha value is -1.00. The molecular weight excluding hydrogens is 212 g/mol. The van der Waals surface area contributed by atoms with E-state index in [-0.39, 0.29) is 11.8 Å². The van der Waals surface area contributed by atoms with Gasteiger partial charge in [-0.2, -0.15) is 35.1 Å². The molecule has 0 N–H and O–H groups in total. The van der Waals surface area contributed by atoms with Crippen LogP contribution in [0.25, 0.3) is 0 Å². The number of alkyl halides is 8. The first kappa shape index (κ1) is 12.0. The molecular formula is C5F8. The maximum absolute atomic E-state index is 11.7. The topological polar surface area (TPSA) is 0 Å². The highest BCUT2D eigenvalue weighted by Gasteiger charge is 2.57. The molecule has 0 spiro atoms. The van der Waals surface area contributed by atoms with E-state index in [1.807, 2.05) is 0 Å². The Morgan fingerprint density at radius 2 is 1.00 bits per heavy atom. The second-order valence-electron chi connectivity index (χ2n) is 1.82. The van der Waals surface area contributed by atoms with Gasteiger partial charge in [0.1, 0.15) is 0 Å². The number of hydrogen-bond acceptors (Lipinski definition) is 0. The van der Waals surface area contributed by atoms with Crippen LogP contribution in [0.1, 0.15) is 0 Å². The van der Waals surface area contributed by atoms with Crippen LogP contribution < -0.4 is 0 Å². The average Bonchev–Trinajstić information content (AvgIpc) is 1.79. The van der Waals surface area contributed by atoms with Gasteiger partial charge in [-0.3, -0.25) is 0 Å². The Balaban J connectivity index is 4.77. The molecule has 0 unspecified atom stereocenters. The largest absolute Gasteiger partial charge is 0.466 e. The summed E-state index contributed by atoms with van der Waals surface area (Å²) >= 11 is 0. The molecule has 0 bridgehead atoms. The summed E-state index contributed by atoms with van der Waals surface area (Å²) in [6.45, 7) is 0. The van der Waals surface area contributed by atoms with E-state index < -0.39 is 18.3 Å². The lowest BCUT2D eigenvalue weighted by atomic mass is 10.3. The van der Waals surface area contributed by atoms with Crippen LogP contribution >= 0.6 is 0 Å². The first-order chi connectivity index (χ1) is 5.46. The van der Waals surface area contributed by atoms with Crippen LogP contribution in [-0.2, 0) is 0 Å². The lowest BCUT2D eigenvalue weighted by Crippen LogP contribution is -2.35. The molecule has 13 heavy (non-hydrogen) atoms. The number of rotatable bonds is 0. The Morgan fingerprint density at radius 3 is 1.23 bits per heavy atom.